The zero-order valence-electron chi connectivity index (χ0n) is 15.2. The molecule has 3 aromatic rings. The number of amides is 1. The minimum absolute atomic E-state index is 0.245. The summed E-state index contributed by atoms with van der Waals surface area (Å²) in [6.45, 7) is 3.96. The monoisotopic (exact) mass is 382 g/mol. The van der Waals surface area contributed by atoms with Gasteiger partial charge in [-0.3, -0.25) is 4.79 Å². The van der Waals surface area contributed by atoms with Crippen molar-refractivity contribution in [2.24, 2.45) is 0 Å². The third-order valence-electron chi connectivity index (χ3n) is 4.18. The highest BCUT2D eigenvalue weighted by Gasteiger charge is 2.12. The second-order valence-electron chi connectivity index (χ2n) is 5.96. The normalized spacial score (nSPS) is 10.4. The molecule has 138 valence electrons. The van der Waals surface area contributed by atoms with Crippen molar-refractivity contribution < 1.29 is 9.53 Å². The summed E-state index contributed by atoms with van der Waals surface area (Å²) in [5.41, 5.74) is 3.76. The standard InChI is InChI=1S/C20H19ClN4O2/c1-12-5-4-6-15(13(12)2)25-20(26)17-10-19(23-11-22-17)24-16-9-14(21)7-8-18(16)27-3/h4-11H,1-3H3,(H,25,26)(H,22,23,24). The van der Waals surface area contributed by atoms with Crippen LogP contribution in [-0.2, 0) is 0 Å². The summed E-state index contributed by atoms with van der Waals surface area (Å²) in [7, 11) is 1.57. The number of nitrogens with zero attached hydrogens (tertiary/aromatic N) is 2. The van der Waals surface area contributed by atoms with Crippen molar-refractivity contribution >= 4 is 34.7 Å². The molecule has 2 N–H and O–H groups in total. The van der Waals surface area contributed by atoms with Crippen LogP contribution in [0.25, 0.3) is 0 Å². The SMILES string of the molecule is COc1ccc(Cl)cc1Nc1cc(C(=O)Nc2cccc(C)c2C)ncn1. The van der Waals surface area contributed by atoms with Gasteiger partial charge in [-0.1, -0.05) is 23.7 Å². The van der Waals surface area contributed by atoms with Gasteiger partial charge in [-0.2, -0.15) is 0 Å². The van der Waals surface area contributed by atoms with Crippen molar-refractivity contribution in [1.29, 1.82) is 0 Å². The van der Waals surface area contributed by atoms with Crippen LogP contribution in [0.5, 0.6) is 5.75 Å². The number of anilines is 3. The van der Waals surface area contributed by atoms with E-state index >= 15 is 0 Å². The van der Waals surface area contributed by atoms with Gasteiger partial charge >= 0.3 is 0 Å². The molecule has 0 unspecified atom stereocenters. The summed E-state index contributed by atoms with van der Waals surface area (Å²) in [6, 6.07) is 12.5. The number of aromatic nitrogens is 2. The van der Waals surface area contributed by atoms with Gasteiger partial charge in [0.15, 0.2) is 0 Å². The molecule has 27 heavy (non-hydrogen) atoms. The molecule has 1 aromatic heterocycles. The van der Waals surface area contributed by atoms with Gasteiger partial charge in [0, 0.05) is 16.8 Å². The predicted molar refractivity (Wildman–Crippen MR) is 107 cm³/mol. The summed E-state index contributed by atoms with van der Waals surface area (Å²) in [5, 5.41) is 6.55. The van der Waals surface area contributed by atoms with Crippen molar-refractivity contribution in [1.82, 2.24) is 9.97 Å². The first-order valence-corrected chi connectivity index (χ1v) is 8.66. The van der Waals surface area contributed by atoms with Gasteiger partial charge < -0.3 is 15.4 Å². The summed E-state index contributed by atoms with van der Waals surface area (Å²) < 4.78 is 5.31. The minimum atomic E-state index is -0.313. The fraction of sp³-hybridized carbons (Fsp3) is 0.150. The van der Waals surface area contributed by atoms with Crippen molar-refractivity contribution in [3.8, 4) is 5.75 Å². The zero-order chi connectivity index (χ0) is 19.4. The highest BCUT2D eigenvalue weighted by molar-refractivity contribution is 6.31. The molecule has 0 bridgehead atoms. The second-order valence-corrected chi connectivity index (χ2v) is 6.40. The number of hydrogen-bond donors (Lipinski definition) is 2. The largest absolute Gasteiger partial charge is 0.495 e. The molecule has 1 heterocycles. The number of ether oxygens (including phenoxy) is 1. The van der Waals surface area contributed by atoms with Crippen LogP contribution < -0.4 is 15.4 Å². The molecule has 0 radical (unpaired) electrons. The van der Waals surface area contributed by atoms with E-state index in [0.29, 0.717) is 22.3 Å². The molecule has 0 saturated heterocycles. The van der Waals surface area contributed by atoms with Crippen LogP contribution in [-0.4, -0.2) is 23.0 Å². The van der Waals surface area contributed by atoms with E-state index in [1.54, 1.807) is 31.4 Å². The number of rotatable bonds is 5. The van der Waals surface area contributed by atoms with Crippen LogP contribution in [0.3, 0.4) is 0 Å². The van der Waals surface area contributed by atoms with E-state index in [1.807, 2.05) is 32.0 Å². The number of carbonyl (C=O) groups is 1. The predicted octanol–water partition coefficient (Wildman–Crippen LogP) is 4.75. The van der Waals surface area contributed by atoms with E-state index in [9.17, 15) is 4.79 Å². The fourth-order valence-electron chi connectivity index (χ4n) is 2.54. The van der Waals surface area contributed by atoms with Crippen LogP contribution in [0.2, 0.25) is 5.02 Å². The Kier molecular flexibility index (Phi) is 5.57. The van der Waals surface area contributed by atoms with Crippen LogP contribution in [0.1, 0.15) is 21.6 Å². The van der Waals surface area contributed by atoms with Crippen molar-refractivity contribution in [2.75, 3.05) is 17.7 Å². The topological polar surface area (TPSA) is 76.1 Å². The third-order valence-corrected chi connectivity index (χ3v) is 4.41. The van der Waals surface area contributed by atoms with Crippen LogP contribution in [0, 0.1) is 13.8 Å². The molecule has 0 aliphatic heterocycles. The molecule has 0 atom stereocenters. The molecule has 0 aliphatic carbocycles. The van der Waals surface area contributed by atoms with Gasteiger partial charge in [-0.25, -0.2) is 9.97 Å². The Morgan fingerprint density at radius 2 is 1.89 bits per heavy atom. The van der Waals surface area contributed by atoms with E-state index in [0.717, 1.165) is 16.8 Å². The lowest BCUT2D eigenvalue weighted by molar-refractivity contribution is 0.102. The van der Waals surface area contributed by atoms with Gasteiger partial charge in [0.05, 0.1) is 12.8 Å². The molecular formula is C20H19ClN4O2. The number of methoxy groups -OCH3 is 1. The Morgan fingerprint density at radius 3 is 2.67 bits per heavy atom. The van der Waals surface area contributed by atoms with Crippen LogP contribution >= 0.6 is 11.6 Å². The Labute approximate surface area is 162 Å². The highest BCUT2D eigenvalue weighted by Crippen LogP contribution is 2.30. The first-order chi connectivity index (χ1) is 13.0. The van der Waals surface area contributed by atoms with E-state index in [4.69, 9.17) is 16.3 Å². The molecule has 0 saturated carbocycles. The van der Waals surface area contributed by atoms with Gasteiger partial charge in [-0.05, 0) is 49.2 Å². The molecule has 0 aliphatic rings. The molecule has 6 nitrogen and oxygen atoms in total. The van der Waals surface area contributed by atoms with Gasteiger partial charge in [0.1, 0.15) is 23.6 Å². The van der Waals surface area contributed by atoms with Crippen molar-refractivity contribution in [2.45, 2.75) is 13.8 Å². The van der Waals surface area contributed by atoms with E-state index in [2.05, 4.69) is 20.6 Å². The van der Waals surface area contributed by atoms with Crippen LogP contribution in [0.4, 0.5) is 17.2 Å². The molecular weight excluding hydrogens is 364 g/mol. The number of halogens is 1. The first-order valence-electron chi connectivity index (χ1n) is 8.28. The number of hydrogen-bond acceptors (Lipinski definition) is 5. The second kappa shape index (κ2) is 8.05. The summed E-state index contributed by atoms with van der Waals surface area (Å²) in [6.07, 6.45) is 1.33. The maximum Gasteiger partial charge on any atom is 0.274 e. The fourth-order valence-corrected chi connectivity index (χ4v) is 2.71. The maximum absolute atomic E-state index is 12.6. The lowest BCUT2D eigenvalue weighted by Crippen LogP contribution is -2.15. The molecule has 0 fully saturated rings. The van der Waals surface area contributed by atoms with E-state index in [-0.39, 0.29) is 11.6 Å². The lowest BCUT2D eigenvalue weighted by atomic mass is 10.1. The quantitative estimate of drug-likeness (QED) is 0.665. The Hall–Kier alpha value is -3.12. The van der Waals surface area contributed by atoms with Crippen LogP contribution in [0.15, 0.2) is 48.8 Å². The van der Waals surface area contributed by atoms with Gasteiger partial charge in [0.2, 0.25) is 0 Å². The molecule has 3 rings (SSSR count). The number of aryl methyl sites for hydroxylation is 1. The molecule has 2 aromatic carbocycles. The highest BCUT2D eigenvalue weighted by atomic mass is 35.5. The smallest absolute Gasteiger partial charge is 0.274 e. The Balaban J connectivity index is 1.82. The van der Waals surface area contributed by atoms with Crippen molar-refractivity contribution in [3.63, 3.8) is 0 Å². The third kappa shape index (κ3) is 4.35. The van der Waals surface area contributed by atoms with Crippen molar-refractivity contribution in [3.05, 3.63) is 70.6 Å². The Bertz CT molecular complexity index is 991. The molecule has 0 spiro atoms. The number of carbonyl (C=O) groups excluding carboxylic acids is 1. The average molecular weight is 383 g/mol. The summed E-state index contributed by atoms with van der Waals surface area (Å²) in [5.74, 6) is 0.753. The zero-order valence-corrected chi connectivity index (χ0v) is 16.0. The maximum atomic E-state index is 12.6. The summed E-state index contributed by atoms with van der Waals surface area (Å²) in [4.78, 5) is 20.8. The molecule has 1 amide bonds. The molecule has 7 heteroatoms. The van der Waals surface area contributed by atoms with E-state index < -0.39 is 0 Å². The summed E-state index contributed by atoms with van der Waals surface area (Å²) >= 11 is 6.05. The average Bonchev–Trinajstić information content (AvgIpc) is 2.66. The number of benzene rings is 2. The van der Waals surface area contributed by atoms with Gasteiger partial charge in [-0.15, -0.1) is 0 Å². The number of nitrogens with one attached hydrogen (secondary N) is 2. The minimum Gasteiger partial charge on any atom is -0.495 e. The lowest BCUT2D eigenvalue weighted by Gasteiger charge is -2.12. The van der Waals surface area contributed by atoms with E-state index in [1.165, 1.54) is 6.33 Å². The Morgan fingerprint density at radius 1 is 1.07 bits per heavy atom. The van der Waals surface area contributed by atoms with Gasteiger partial charge in [0.25, 0.3) is 5.91 Å². The first kappa shape index (κ1) is 18.7.